The van der Waals surface area contributed by atoms with Gasteiger partial charge in [-0.05, 0) is 46.7 Å². The quantitative estimate of drug-likeness (QED) is 0.674. The van der Waals surface area contributed by atoms with E-state index in [1.54, 1.807) is 0 Å². The zero-order valence-electron chi connectivity index (χ0n) is 9.55. The zero-order valence-corrected chi connectivity index (χ0v) is 10.3. The van der Waals surface area contributed by atoms with Gasteiger partial charge in [0.15, 0.2) is 0 Å². The number of alkyl halides is 1. The Morgan fingerprint density at radius 1 is 1.29 bits per heavy atom. The molecule has 1 aliphatic rings. The van der Waals surface area contributed by atoms with Gasteiger partial charge in [-0.15, -0.1) is 11.6 Å². The lowest BCUT2D eigenvalue weighted by Gasteiger charge is -2.24. The van der Waals surface area contributed by atoms with E-state index in [2.05, 4.69) is 25.7 Å². The first kappa shape index (κ1) is 12.3. The molecule has 1 fully saturated rings. The summed E-state index contributed by atoms with van der Waals surface area (Å²) in [6, 6.07) is 0. The molecule has 0 aromatic rings. The summed E-state index contributed by atoms with van der Waals surface area (Å²) in [6.45, 7) is 10.2. The Balaban J connectivity index is 2.12. The van der Waals surface area contributed by atoms with Gasteiger partial charge >= 0.3 is 0 Å². The van der Waals surface area contributed by atoms with Gasteiger partial charge in [0, 0.05) is 6.54 Å². The van der Waals surface area contributed by atoms with Crippen molar-refractivity contribution in [3.05, 3.63) is 0 Å². The minimum Gasteiger partial charge on any atom is -0.374 e. The average Bonchev–Trinajstić information content (AvgIpc) is 2.52. The highest BCUT2D eigenvalue weighted by Crippen LogP contribution is 2.13. The monoisotopic (exact) mass is 219 g/mol. The van der Waals surface area contributed by atoms with Crippen LogP contribution in [0.25, 0.3) is 0 Å². The molecule has 1 heterocycles. The van der Waals surface area contributed by atoms with Crippen LogP contribution in [-0.2, 0) is 4.74 Å². The Morgan fingerprint density at radius 3 is 2.36 bits per heavy atom. The van der Waals surface area contributed by atoms with Crippen LogP contribution in [0.5, 0.6) is 0 Å². The molecule has 0 aliphatic carbocycles. The van der Waals surface area contributed by atoms with Crippen LogP contribution in [0, 0.1) is 0 Å². The summed E-state index contributed by atoms with van der Waals surface area (Å²) in [5.74, 6) is 0. The molecule has 0 amide bonds. The average molecular weight is 220 g/mol. The summed E-state index contributed by atoms with van der Waals surface area (Å²) in [5.41, 5.74) is -0.0713. The molecule has 0 aromatic heterocycles. The van der Waals surface area contributed by atoms with E-state index in [0.29, 0.717) is 6.61 Å². The highest BCUT2D eigenvalue weighted by Gasteiger charge is 2.18. The third kappa shape index (κ3) is 5.18. The molecule has 3 heteroatoms. The van der Waals surface area contributed by atoms with Crippen LogP contribution in [0.15, 0.2) is 0 Å². The van der Waals surface area contributed by atoms with Crippen LogP contribution in [0.1, 0.15) is 33.6 Å². The molecule has 1 aliphatic heterocycles. The van der Waals surface area contributed by atoms with Crippen molar-refractivity contribution in [3.63, 3.8) is 0 Å². The number of halogens is 1. The summed E-state index contributed by atoms with van der Waals surface area (Å²) in [4.78, 5) is 2.42. The van der Waals surface area contributed by atoms with E-state index in [4.69, 9.17) is 16.3 Å². The first-order valence-corrected chi connectivity index (χ1v) is 5.91. The van der Waals surface area contributed by atoms with Crippen LogP contribution in [0.3, 0.4) is 0 Å². The number of rotatable bonds is 4. The van der Waals surface area contributed by atoms with Gasteiger partial charge in [-0.2, -0.15) is 0 Å². The van der Waals surface area contributed by atoms with Gasteiger partial charge in [-0.25, -0.2) is 0 Å². The van der Waals surface area contributed by atoms with Crippen LogP contribution in [0.2, 0.25) is 0 Å². The molecule has 2 nitrogen and oxygen atoms in total. The van der Waals surface area contributed by atoms with E-state index in [-0.39, 0.29) is 11.0 Å². The summed E-state index contributed by atoms with van der Waals surface area (Å²) in [5, 5.41) is 0.132. The normalized spacial score (nSPS) is 21.4. The number of ether oxygens (including phenoxy) is 1. The fourth-order valence-corrected chi connectivity index (χ4v) is 1.90. The third-order valence-electron chi connectivity index (χ3n) is 2.35. The van der Waals surface area contributed by atoms with E-state index in [1.165, 1.54) is 25.9 Å². The zero-order chi connectivity index (χ0) is 10.6. The van der Waals surface area contributed by atoms with Crippen molar-refractivity contribution in [1.82, 2.24) is 4.90 Å². The van der Waals surface area contributed by atoms with E-state index < -0.39 is 0 Å². The fraction of sp³-hybridized carbons (Fsp3) is 1.00. The molecule has 84 valence electrons. The molecule has 1 rings (SSSR count). The van der Waals surface area contributed by atoms with Crippen molar-refractivity contribution < 1.29 is 4.74 Å². The van der Waals surface area contributed by atoms with E-state index in [9.17, 15) is 0 Å². The molecule has 0 N–H and O–H groups in total. The van der Waals surface area contributed by atoms with Crippen molar-refractivity contribution in [3.8, 4) is 0 Å². The van der Waals surface area contributed by atoms with Gasteiger partial charge in [-0.3, -0.25) is 0 Å². The van der Waals surface area contributed by atoms with Crippen molar-refractivity contribution in [2.75, 3.05) is 26.2 Å². The first-order valence-electron chi connectivity index (χ1n) is 5.48. The Kier molecular flexibility index (Phi) is 4.68. The Morgan fingerprint density at radius 2 is 1.86 bits per heavy atom. The van der Waals surface area contributed by atoms with Crippen LogP contribution in [0.4, 0.5) is 0 Å². The molecule has 1 saturated heterocycles. The van der Waals surface area contributed by atoms with Gasteiger partial charge < -0.3 is 9.64 Å². The standard InChI is InChI=1S/C11H22ClNO/c1-11(2,3)14-9-10(12)8-13-6-4-5-7-13/h10H,4-9H2,1-3H3. The number of likely N-dealkylation sites (tertiary alicyclic amines) is 1. The largest absolute Gasteiger partial charge is 0.374 e. The van der Waals surface area contributed by atoms with E-state index in [0.717, 1.165) is 6.54 Å². The fourth-order valence-electron chi connectivity index (χ4n) is 1.64. The topological polar surface area (TPSA) is 12.5 Å². The van der Waals surface area contributed by atoms with Crippen molar-refractivity contribution in [2.24, 2.45) is 0 Å². The van der Waals surface area contributed by atoms with Crippen LogP contribution >= 0.6 is 11.6 Å². The summed E-state index contributed by atoms with van der Waals surface area (Å²) in [6.07, 6.45) is 2.65. The van der Waals surface area contributed by atoms with E-state index in [1.807, 2.05) is 0 Å². The SMILES string of the molecule is CC(C)(C)OCC(Cl)CN1CCCC1. The van der Waals surface area contributed by atoms with Gasteiger partial charge in [0.05, 0.1) is 17.6 Å². The Hall–Kier alpha value is 0.210. The maximum atomic E-state index is 6.20. The van der Waals surface area contributed by atoms with Gasteiger partial charge in [-0.1, -0.05) is 0 Å². The Labute approximate surface area is 92.6 Å². The highest BCUT2D eigenvalue weighted by atomic mass is 35.5. The van der Waals surface area contributed by atoms with E-state index >= 15 is 0 Å². The summed E-state index contributed by atoms with van der Waals surface area (Å²) >= 11 is 6.20. The van der Waals surface area contributed by atoms with Crippen LogP contribution in [-0.4, -0.2) is 42.1 Å². The molecule has 1 atom stereocenters. The predicted octanol–water partition coefficient (Wildman–Crippen LogP) is 2.50. The predicted molar refractivity (Wildman–Crippen MR) is 61.0 cm³/mol. The van der Waals surface area contributed by atoms with Gasteiger partial charge in [0.2, 0.25) is 0 Å². The second kappa shape index (κ2) is 5.34. The van der Waals surface area contributed by atoms with Crippen molar-refractivity contribution in [2.45, 2.75) is 44.6 Å². The lowest BCUT2D eigenvalue weighted by atomic mass is 10.2. The highest BCUT2D eigenvalue weighted by molar-refractivity contribution is 6.20. The smallest absolute Gasteiger partial charge is 0.0696 e. The van der Waals surface area contributed by atoms with Crippen molar-refractivity contribution in [1.29, 1.82) is 0 Å². The molecule has 0 aromatic carbocycles. The maximum absolute atomic E-state index is 6.20. The summed E-state index contributed by atoms with van der Waals surface area (Å²) in [7, 11) is 0. The Bertz CT molecular complexity index is 161. The second-order valence-corrected chi connectivity index (χ2v) is 5.65. The molecule has 0 saturated carbocycles. The molecule has 0 radical (unpaired) electrons. The molecular weight excluding hydrogens is 198 g/mol. The minimum atomic E-state index is -0.0713. The molecule has 1 unspecified atom stereocenters. The number of hydrogen-bond acceptors (Lipinski definition) is 2. The molecular formula is C11H22ClNO. The van der Waals surface area contributed by atoms with Gasteiger partial charge in [0.25, 0.3) is 0 Å². The maximum Gasteiger partial charge on any atom is 0.0696 e. The number of hydrogen-bond donors (Lipinski definition) is 0. The summed E-state index contributed by atoms with van der Waals surface area (Å²) < 4.78 is 5.64. The molecule has 14 heavy (non-hydrogen) atoms. The minimum absolute atomic E-state index is 0.0713. The lowest BCUT2D eigenvalue weighted by molar-refractivity contribution is -0.00484. The molecule has 0 spiro atoms. The lowest BCUT2D eigenvalue weighted by Crippen LogP contribution is -2.32. The third-order valence-corrected chi connectivity index (χ3v) is 2.62. The molecule has 0 bridgehead atoms. The number of nitrogens with zero attached hydrogens (tertiary/aromatic N) is 1. The van der Waals surface area contributed by atoms with Crippen molar-refractivity contribution >= 4 is 11.6 Å². The van der Waals surface area contributed by atoms with Gasteiger partial charge in [0.1, 0.15) is 0 Å². The van der Waals surface area contributed by atoms with Crippen LogP contribution < -0.4 is 0 Å². The second-order valence-electron chi connectivity index (χ2n) is 5.03. The first-order chi connectivity index (χ1) is 6.47.